The molecule has 0 spiro atoms. The lowest BCUT2D eigenvalue weighted by molar-refractivity contribution is 0.186. The molecule has 8 nitrogen and oxygen atoms in total. The minimum Gasteiger partial charge on any atom is -0.453 e. The molecule has 2 amide bonds. The molecule has 0 radical (unpaired) electrons. The van der Waals surface area contributed by atoms with E-state index in [-0.39, 0.29) is 5.95 Å². The van der Waals surface area contributed by atoms with Crippen molar-refractivity contribution in [1.82, 2.24) is 14.6 Å². The quantitative estimate of drug-likeness (QED) is 0.512. The number of para-hydroxylation sites is 2. The third kappa shape index (κ3) is 3.17. The Morgan fingerprint density at radius 1 is 1.41 bits per heavy atom. The predicted octanol–water partition coefficient (Wildman–Crippen LogP) is 2.16. The van der Waals surface area contributed by atoms with Gasteiger partial charge >= 0.3 is 12.1 Å². The highest BCUT2D eigenvalue weighted by Crippen LogP contribution is 2.20. The van der Waals surface area contributed by atoms with E-state index in [0.29, 0.717) is 17.6 Å². The molecule has 118 valence electrons. The summed E-state index contributed by atoms with van der Waals surface area (Å²) in [4.78, 5) is 28.2. The van der Waals surface area contributed by atoms with Crippen LogP contribution in [0.2, 0.25) is 0 Å². The first kappa shape index (κ1) is 15.8. The second-order valence-electron chi connectivity index (χ2n) is 4.71. The summed E-state index contributed by atoms with van der Waals surface area (Å²) < 4.78 is 5.82. The van der Waals surface area contributed by atoms with Gasteiger partial charge in [0.2, 0.25) is 5.95 Å². The average molecular weight is 305 g/mol. The predicted molar refractivity (Wildman–Crippen MR) is 82.4 cm³/mol. The first-order valence-corrected chi connectivity index (χ1v) is 6.97. The number of fused-ring (bicyclic) bond motifs is 1. The van der Waals surface area contributed by atoms with Crippen LogP contribution in [0.15, 0.2) is 24.3 Å². The molecule has 0 atom stereocenters. The maximum Gasteiger partial charge on any atom is 0.413 e. The number of nitrogens with one attached hydrogen (secondary N) is 1. The number of hydrazine groups is 1. The lowest BCUT2D eigenvalue weighted by Gasteiger charge is -2.18. The van der Waals surface area contributed by atoms with Crippen LogP contribution in [0.1, 0.15) is 19.8 Å². The molecule has 0 aliphatic rings. The number of amides is 2. The smallest absolute Gasteiger partial charge is 0.413 e. The number of nitrogens with two attached hydrogens (primary N) is 1. The molecule has 0 fully saturated rings. The van der Waals surface area contributed by atoms with Gasteiger partial charge in [0.1, 0.15) is 0 Å². The molecular weight excluding hydrogens is 286 g/mol. The fourth-order valence-corrected chi connectivity index (χ4v) is 2.00. The molecule has 3 N–H and O–H groups in total. The van der Waals surface area contributed by atoms with Crippen LogP contribution < -0.4 is 11.2 Å². The van der Waals surface area contributed by atoms with E-state index in [2.05, 4.69) is 15.0 Å². The third-order valence-electron chi connectivity index (χ3n) is 3.15. The van der Waals surface area contributed by atoms with Gasteiger partial charge in [0.15, 0.2) is 0 Å². The van der Waals surface area contributed by atoms with Gasteiger partial charge in [-0.2, -0.15) is 0 Å². The summed E-state index contributed by atoms with van der Waals surface area (Å²) in [5.74, 6) is 5.88. The summed E-state index contributed by atoms with van der Waals surface area (Å²) in [7, 11) is 1.24. The number of hydrogen-bond donors (Lipinski definition) is 2. The number of unbranched alkanes of at least 4 members (excludes halogenated alkanes) is 1. The van der Waals surface area contributed by atoms with Crippen molar-refractivity contribution in [3.8, 4) is 0 Å². The van der Waals surface area contributed by atoms with E-state index in [9.17, 15) is 9.59 Å². The van der Waals surface area contributed by atoms with E-state index in [1.165, 1.54) is 11.7 Å². The lowest BCUT2D eigenvalue weighted by Crippen LogP contribution is -2.41. The van der Waals surface area contributed by atoms with Crippen molar-refractivity contribution < 1.29 is 14.3 Å². The number of ether oxygens (including phenoxy) is 1. The van der Waals surface area contributed by atoms with Gasteiger partial charge < -0.3 is 4.74 Å². The van der Waals surface area contributed by atoms with Gasteiger partial charge in [0.05, 0.1) is 18.1 Å². The van der Waals surface area contributed by atoms with Crippen molar-refractivity contribution in [2.75, 3.05) is 19.0 Å². The van der Waals surface area contributed by atoms with Crippen molar-refractivity contribution in [3.63, 3.8) is 0 Å². The zero-order valence-corrected chi connectivity index (χ0v) is 12.6. The van der Waals surface area contributed by atoms with Gasteiger partial charge in [0.25, 0.3) is 0 Å². The zero-order valence-electron chi connectivity index (χ0n) is 12.6. The average Bonchev–Trinajstić information content (AvgIpc) is 2.89. The maximum atomic E-state index is 12.5. The molecular formula is C14H19N5O3. The number of carbonyl (C=O) groups is 2. The van der Waals surface area contributed by atoms with Crippen LogP contribution in [0, 0.1) is 0 Å². The molecule has 2 rings (SSSR count). The van der Waals surface area contributed by atoms with E-state index < -0.39 is 12.1 Å². The molecule has 0 aliphatic carbocycles. The number of hydrogen-bond acceptors (Lipinski definition) is 5. The SMILES string of the molecule is CCCCN(N)C(=O)n1c(NC(=O)OC)nc2ccccc21. The molecule has 1 heterocycles. The first-order valence-electron chi connectivity index (χ1n) is 6.97. The molecule has 0 bridgehead atoms. The Morgan fingerprint density at radius 2 is 2.14 bits per heavy atom. The molecule has 2 aromatic rings. The normalized spacial score (nSPS) is 10.5. The number of aromatic nitrogens is 2. The highest BCUT2D eigenvalue weighted by Gasteiger charge is 2.21. The van der Waals surface area contributed by atoms with Crippen LogP contribution >= 0.6 is 0 Å². The summed E-state index contributed by atoms with van der Waals surface area (Å²) in [6.07, 6.45) is 0.995. The third-order valence-corrected chi connectivity index (χ3v) is 3.15. The monoisotopic (exact) mass is 305 g/mol. The summed E-state index contributed by atoms with van der Waals surface area (Å²) in [5.41, 5.74) is 1.14. The molecule has 0 unspecified atom stereocenters. The fourth-order valence-electron chi connectivity index (χ4n) is 2.00. The topological polar surface area (TPSA) is 102 Å². The highest BCUT2D eigenvalue weighted by molar-refractivity contribution is 5.96. The van der Waals surface area contributed by atoms with Crippen LogP contribution in [-0.4, -0.2) is 40.3 Å². The van der Waals surface area contributed by atoms with Gasteiger partial charge in [-0.1, -0.05) is 25.5 Å². The van der Waals surface area contributed by atoms with Crippen LogP contribution in [-0.2, 0) is 4.74 Å². The first-order chi connectivity index (χ1) is 10.6. The Morgan fingerprint density at radius 3 is 2.82 bits per heavy atom. The number of nitrogens with zero attached hydrogens (tertiary/aromatic N) is 3. The van der Waals surface area contributed by atoms with E-state index in [4.69, 9.17) is 5.84 Å². The standard InChI is InChI=1S/C14H19N5O3/c1-3-4-9-18(15)14(21)19-11-8-6-5-7-10(11)16-12(19)17-13(20)22-2/h5-8H,3-4,9,15H2,1-2H3,(H,16,17,20). The minimum absolute atomic E-state index is 0.0741. The Kier molecular flexibility index (Phi) is 4.95. The van der Waals surface area contributed by atoms with Gasteiger partial charge in [-0.05, 0) is 18.6 Å². The number of carbonyl (C=O) groups excluding carboxylic acids is 2. The van der Waals surface area contributed by atoms with Gasteiger partial charge in [0, 0.05) is 6.54 Å². The summed E-state index contributed by atoms with van der Waals surface area (Å²) in [6, 6.07) is 6.59. The van der Waals surface area contributed by atoms with Crippen LogP contribution in [0.4, 0.5) is 15.5 Å². The van der Waals surface area contributed by atoms with Crippen molar-refractivity contribution in [1.29, 1.82) is 0 Å². The molecule has 1 aromatic heterocycles. The zero-order chi connectivity index (χ0) is 16.1. The van der Waals surface area contributed by atoms with Gasteiger partial charge in [-0.3, -0.25) is 10.3 Å². The Bertz CT molecular complexity index is 682. The maximum absolute atomic E-state index is 12.5. The van der Waals surface area contributed by atoms with Crippen LogP contribution in [0.25, 0.3) is 11.0 Å². The van der Waals surface area contributed by atoms with E-state index in [0.717, 1.165) is 17.9 Å². The summed E-state index contributed by atoms with van der Waals surface area (Å²) >= 11 is 0. The van der Waals surface area contributed by atoms with Crippen molar-refractivity contribution >= 4 is 29.1 Å². The Balaban J connectivity index is 2.42. The number of benzene rings is 1. The van der Waals surface area contributed by atoms with Gasteiger partial charge in [-0.15, -0.1) is 0 Å². The number of methoxy groups -OCH3 is 1. The summed E-state index contributed by atoms with van der Waals surface area (Å²) in [5, 5.41) is 3.54. The lowest BCUT2D eigenvalue weighted by atomic mass is 10.3. The second kappa shape index (κ2) is 6.90. The van der Waals surface area contributed by atoms with Gasteiger partial charge in [-0.25, -0.2) is 25.0 Å². The fraction of sp³-hybridized carbons (Fsp3) is 0.357. The van der Waals surface area contributed by atoms with Crippen molar-refractivity contribution in [2.24, 2.45) is 5.84 Å². The number of rotatable bonds is 4. The molecule has 0 saturated carbocycles. The van der Waals surface area contributed by atoms with E-state index >= 15 is 0 Å². The van der Waals surface area contributed by atoms with Crippen LogP contribution in [0.3, 0.4) is 0 Å². The number of anilines is 1. The molecule has 8 heteroatoms. The molecule has 1 aromatic carbocycles. The highest BCUT2D eigenvalue weighted by atomic mass is 16.5. The molecule has 0 saturated heterocycles. The summed E-state index contributed by atoms with van der Waals surface area (Å²) in [6.45, 7) is 2.43. The Hall–Kier alpha value is -2.61. The van der Waals surface area contributed by atoms with Crippen LogP contribution in [0.5, 0.6) is 0 Å². The Labute approximate surface area is 127 Å². The van der Waals surface area contributed by atoms with Crippen molar-refractivity contribution in [2.45, 2.75) is 19.8 Å². The van der Waals surface area contributed by atoms with E-state index in [1.54, 1.807) is 24.3 Å². The van der Waals surface area contributed by atoms with Crippen molar-refractivity contribution in [3.05, 3.63) is 24.3 Å². The molecule has 0 aliphatic heterocycles. The minimum atomic E-state index is -0.707. The number of imidazole rings is 1. The largest absolute Gasteiger partial charge is 0.453 e. The van der Waals surface area contributed by atoms with E-state index in [1.807, 2.05) is 6.92 Å². The molecule has 22 heavy (non-hydrogen) atoms. The second-order valence-corrected chi connectivity index (χ2v) is 4.71.